The van der Waals surface area contributed by atoms with Crippen molar-refractivity contribution in [3.8, 4) is 0 Å². The zero-order valence-electron chi connectivity index (χ0n) is 20.7. The molecule has 2 aromatic carbocycles. The van der Waals surface area contributed by atoms with Gasteiger partial charge in [0.25, 0.3) is 0 Å². The predicted octanol–water partition coefficient (Wildman–Crippen LogP) is 4.34. The predicted molar refractivity (Wildman–Crippen MR) is 136 cm³/mol. The summed E-state index contributed by atoms with van der Waals surface area (Å²) in [6.07, 6.45) is -2.31. The molecule has 0 spiro atoms. The molecule has 0 radical (unpaired) electrons. The molecular weight excluding hydrogens is 568 g/mol. The number of sulfonamides is 1. The van der Waals surface area contributed by atoms with E-state index in [1.54, 1.807) is 4.90 Å². The summed E-state index contributed by atoms with van der Waals surface area (Å²) in [5.74, 6) is 0.0488. The van der Waals surface area contributed by atoms with E-state index in [1.165, 1.54) is 10.4 Å². The summed E-state index contributed by atoms with van der Waals surface area (Å²) >= 11 is -0.552. The van der Waals surface area contributed by atoms with Gasteiger partial charge in [-0.25, -0.2) is 0 Å². The fourth-order valence-corrected chi connectivity index (χ4v) is 8.16. The van der Waals surface area contributed by atoms with Gasteiger partial charge in [0.05, 0.1) is 0 Å². The maximum absolute atomic E-state index is 13.5. The Kier molecular flexibility index (Phi) is 9.04. The van der Waals surface area contributed by atoms with E-state index >= 15 is 0 Å². The zero-order chi connectivity index (χ0) is 26.6. The zero-order valence-corrected chi connectivity index (χ0v) is 23.6. The number of hydrogen-bond donors (Lipinski definition) is 0. The van der Waals surface area contributed by atoms with Crippen LogP contribution >= 0.6 is 0 Å². The van der Waals surface area contributed by atoms with Crippen molar-refractivity contribution in [2.75, 3.05) is 19.7 Å². The molecule has 0 N–H and O–H groups in total. The minimum absolute atomic E-state index is 0.0488. The van der Waals surface area contributed by atoms with E-state index in [0.717, 1.165) is 23.8 Å². The summed E-state index contributed by atoms with van der Waals surface area (Å²) in [6.45, 7) is 1.66. The number of carbonyl (C=O) groups is 1. The second-order valence-electron chi connectivity index (χ2n) is 9.49. The normalized spacial score (nSPS) is 18.6. The molecule has 1 amide bonds. The van der Waals surface area contributed by atoms with Crippen molar-refractivity contribution in [1.29, 1.82) is 0 Å². The second kappa shape index (κ2) is 11.9. The maximum atomic E-state index is 13.5. The molecule has 2 aromatic rings. The Morgan fingerprint density at radius 1 is 1.05 bits per heavy atom. The molecule has 1 aliphatic carbocycles. The third-order valence-corrected chi connectivity index (χ3v) is 11.2. The quantitative estimate of drug-likeness (QED) is 0.381. The monoisotopic (exact) mass is 600 g/mol. The van der Waals surface area contributed by atoms with Crippen LogP contribution in [0.2, 0.25) is 10.4 Å². The molecule has 1 saturated carbocycles. The molecule has 1 heterocycles. The number of likely N-dealkylation sites (tertiary alicyclic amines) is 1. The molecule has 2 unspecified atom stereocenters. The second-order valence-corrected chi connectivity index (χ2v) is 14.0. The number of carbonyl (C=O) groups excluding carboxylic acids is 1. The van der Waals surface area contributed by atoms with Gasteiger partial charge in [0.15, 0.2) is 0 Å². The van der Waals surface area contributed by atoms with Crippen molar-refractivity contribution in [3.05, 3.63) is 65.7 Å². The molecule has 37 heavy (non-hydrogen) atoms. The topological polar surface area (TPSA) is 66.9 Å². The fourth-order valence-electron chi connectivity index (χ4n) is 4.68. The van der Waals surface area contributed by atoms with E-state index < -0.39 is 37.5 Å². The first-order chi connectivity index (χ1) is 17.6. The minimum atomic E-state index is -4.62. The van der Waals surface area contributed by atoms with Crippen LogP contribution in [0.1, 0.15) is 36.8 Å². The average molecular weight is 601 g/mol. The van der Waals surface area contributed by atoms with E-state index in [0.29, 0.717) is 52.0 Å². The molecular formula is C26H32AsF3N2O4S. The Balaban J connectivity index is 1.38. The molecule has 0 bridgehead atoms. The molecule has 2 atom stereocenters. The van der Waals surface area contributed by atoms with Gasteiger partial charge in [-0.05, 0) is 0 Å². The first kappa shape index (κ1) is 28.1. The Labute approximate surface area is 222 Å². The third kappa shape index (κ3) is 6.96. The summed E-state index contributed by atoms with van der Waals surface area (Å²) < 4.78 is 73.6. The van der Waals surface area contributed by atoms with Crippen LogP contribution in [-0.2, 0) is 32.3 Å². The van der Waals surface area contributed by atoms with Gasteiger partial charge in [-0.15, -0.1) is 0 Å². The van der Waals surface area contributed by atoms with E-state index in [9.17, 15) is 26.4 Å². The van der Waals surface area contributed by atoms with Crippen molar-refractivity contribution < 1.29 is 31.1 Å². The summed E-state index contributed by atoms with van der Waals surface area (Å²) in [6, 6.07) is 13.2. The number of benzene rings is 2. The van der Waals surface area contributed by atoms with E-state index in [1.807, 2.05) is 30.3 Å². The van der Waals surface area contributed by atoms with E-state index in [4.69, 9.17) is 4.74 Å². The number of ether oxygens (including phenoxy) is 1. The summed E-state index contributed by atoms with van der Waals surface area (Å²) in [4.78, 5) is 14.6. The van der Waals surface area contributed by atoms with Crippen molar-refractivity contribution in [2.24, 2.45) is 0 Å². The molecule has 1 aliphatic heterocycles. The first-order valence-electron chi connectivity index (χ1n) is 12.4. The van der Waals surface area contributed by atoms with Gasteiger partial charge in [0.1, 0.15) is 0 Å². The fraction of sp³-hybridized carbons (Fsp3) is 0.500. The molecule has 0 aromatic heterocycles. The van der Waals surface area contributed by atoms with Crippen LogP contribution < -0.4 is 0 Å². The number of hydrogen-bond acceptors (Lipinski definition) is 4. The number of alkyl halides is 3. The molecule has 2 fully saturated rings. The average Bonchev–Trinajstić information content (AvgIpc) is 3.72. The number of amides is 1. The molecule has 1 saturated heterocycles. The van der Waals surface area contributed by atoms with Gasteiger partial charge in [0.2, 0.25) is 0 Å². The number of nitrogens with zero attached hydrogens (tertiary/aromatic N) is 2. The van der Waals surface area contributed by atoms with Gasteiger partial charge in [-0.3, -0.25) is 0 Å². The molecule has 11 heteroatoms. The van der Waals surface area contributed by atoms with E-state index in [2.05, 4.69) is 5.71 Å². The van der Waals surface area contributed by atoms with Crippen LogP contribution in [-0.4, -0.2) is 71.1 Å². The van der Waals surface area contributed by atoms with Crippen molar-refractivity contribution in [2.45, 2.75) is 65.9 Å². The molecule has 2 aliphatic rings. The van der Waals surface area contributed by atoms with Crippen LogP contribution in [0.5, 0.6) is 0 Å². The van der Waals surface area contributed by atoms with Crippen molar-refractivity contribution in [3.63, 3.8) is 0 Å². The van der Waals surface area contributed by atoms with Crippen LogP contribution in [0, 0.1) is 0 Å². The molecule has 6 nitrogen and oxygen atoms in total. The Hall–Kier alpha value is -1.87. The third-order valence-electron chi connectivity index (χ3n) is 6.82. The molecule has 202 valence electrons. The summed E-state index contributed by atoms with van der Waals surface area (Å²) in [5.41, 5.74) is 2.14. The van der Waals surface area contributed by atoms with Gasteiger partial charge < -0.3 is 0 Å². The van der Waals surface area contributed by atoms with Crippen LogP contribution in [0.3, 0.4) is 0 Å². The van der Waals surface area contributed by atoms with Gasteiger partial charge in [0, 0.05) is 0 Å². The summed E-state index contributed by atoms with van der Waals surface area (Å²) in [7, 11) is -4.10. The number of rotatable bonds is 10. The SMILES string of the molecule is C[AsH]C(COCc1ccccc1)C(=O)N1CCC(N(C2CC2)S(=O)(=O)c2cccc(C(F)(F)F)c2)CC1. The van der Waals surface area contributed by atoms with Gasteiger partial charge in [-0.2, -0.15) is 13.2 Å². The first-order valence-corrected chi connectivity index (χ1v) is 17.1. The van der Waals surface area contributed by atoms with Crippen LogP contribution in [0.4, 0.5) is 13.2 Å². The van der Waals surface area contributed by atoms with Crippen LogP contribution in [0.25, 0.3) is 0 Å². The van der Waals surface area contributed by atoms with Crippen molar-refractivity contribution in [1.82, 2.24) is 9.21 Å². The molecule has 4 rings (SSSR count). The standard InChI is InChI=1S/C26H32AsF3N2O4S/c1-27-24(18-36-17-19-6-3-2-4-7-19)25(33)31-14-12-22(13-15-31)32(21-10-11-21)37(34,35)23-9-5-8-20(16-23)26(28,29)30/h2-9,16,21-22,24,27H,10-15,17-18H2,1H3. The Morgan fingerprint density at radius 2 is 1.70 bits per heavy atom. The number of halogens is 3. The van der Waals surface area contributed by atoms with Gasteiger partial charge >= 0.3 is 210 Å². The van der Waals surface area contributed by atoms with Gasteiger partial charge in [-0.1, -0.05) is 0 Å². The Morgan fingerprint density at radius 3 is 2.30 bits per heavy atom. The Bertz CT molecular complexity index is 1170. The van der Waals surface area contributed by atoms with Crippen LogP contribution in [0.15, 0.2) is 59.5 Å². The van der Waals surface area contributed by atoms with E-state index in [-0.39, 0.29) is 27.6 Å². The number of piperidine rings is 1. The van der Waals surface area contributed by atoms with Crippen molar-refractivity contribution >= 4 is 31.7 Å². The summed E-state index contributed by atoms with van der Waals surface area (Å²) in [5, 5.41) is 0.